The van der Waals surface area contributed by atoms with Crippen molar-refractivity contribution in [1.82, 2.24) is 4.90 Å². The zero-order chi connectivity index (χ0) is 13.6. The molecule has 1 saturated heterocycles. The maximum atomic E-state index is 3.68. The highest BCUT2D eigenvalue weighted by atomic mass is 15.2. The lowest BCUT2D eigenvalue weighted by atomic mass is 10.1. The number of anilines is 1. The van der Waals surface area contributed by atoms with Gasteiger partial charge >= 0.3 is 0 Å². The standard InChI is InChI=1S/C18H22N2/c1-3-9-16(10-4-1)18(15-20-13-7-8-14-20)19-17-11-5-2-6-12-17/h1-6,9-12,18-19H,7-8,13-15H2/t18-/m0/s1. The number of hydrogen-bond donors (Lipinski definition) is 1. The first-order valence-corrected chi connectivity index (χ1v) is 7.51. The van der Waals surface area contributed by atoms with Gasteiger partial charge in [0, 0.05) is 12.2 Å². The van der Waals surface area contributed by atoms with Crippen LogP contribution >= 0.6 is 0 Å². The third-order valence-corrected chi connectivity index (χ3v) is 3.96. The average molecular weight is 266 g/mol. The van der Waals surface area contributed by atoms with E-state index in [1.807, 2.05) is 0 Å². The highest BCUT2D eigenvalue weighted by Gasteiger charge is 2.18. The second-order valence-corrected chi connectivity index (χ2v) is 5.48. The third kappa shape index (κ3) is 3.40. The average Bonchev–Trinajstić information content (AvgIpc) is 3.02. The van der Waals surface area contributed by atoms with E-state index in [9.17, 15) is 0 Å². The van der Waals surface area contributed by atoms with E-state index >= 15 is 0 Å². The Labute approximate surface area is 121 Å². The Bertz CT molecular complexity index is 503. The number of nitrogens with zero attached hydrogens (tertiary/aromatic N) is 1. The molecule has 0 aromatic heterocycles. The van der Waals surface area contributed by atoms with E-state index in [0.717, 1.165) is 6.54 Å². The van der Waals surface area contributed by atoms with Crippen LogP contribution in [0.1, 0.15) is 24.4 Å². The van der Waals surface area contributed by atoms with Crippen molar-refractivity contribution in [3.63, 3.8) is 0 Å². The van der Waals surface area contributed by atoms with Crippen molar-refractivity contribution in [2.45, 2.75) is 18.9 Å². The van der Waals surface area contributed by atoms with E-state index < -0.39 is 0 Å². The smallest absolute Gasteiger partial charge is 0.0640 e. The lowest BCUT2D eigenvalue weighted by Gasteiger charge is -2.25. The Balaban J connectivity index is 1.76. The number of benzene rings is 2. The van der Waals surface area contributed by atoms with Crippen molar-refractivity contribution in [3.8, 4) is 0 Å². The zero-order valence-corrected chi connectivity index (χ0v) is 11.8. The summed E-state index contributed by atoms with van der Waals surface area (Å²) in [6.07, 6.45) is 2.68. The molecule has 3 rings (SSSR count). The van der Waals surface area contributed by atoms with Gasteiger partial charge in [0.15, 0.2) is 0 Å². The fourth-order valence-corrected chi connectivity index (χ4v) is 2.88. The summed E-state index contributed by atoms with van der Waals surface area (Å²) in [6.45, 7) is 3.55. The van der Waals surface area contributed by atoms with Crippen molar-refractivity contribution in [3.05, 3.63) is 66.2 Å². The van der Waals surface area contributed by atoms with Crippen molar-refractivity contribution < 1.29 is 0 Å². The van der Waals surface area contributed by atoms with Crippen LogP contribution in [0.2, 0.25) is 0 Å². The van der Waals surface area contributed by atoms with Gasteiger partial charge in [-0.2, -0.15) is 0 Å². The molecule has 104 valence electrons. The van der Waals surface area contributed by atoms with Crippen LogP contribution in [-0.2, 0) is 0 Å². The first-order chi connectivity index (χ1) is 9.92. The summed E-state index contributed by atoms with van der Waals surface area (Å²) in [4.78, 5) is 2.56. The van der Waals surface area contributed by atoms with Gasteiger partial charge in [-0.15, -0.1) is 0 Å². The summed E-state index contributed by atoms with van der Waals surface area (Å²) in [5.41, 5.74) is 2.56. The molecular weight excluding hydrogens is 244 g/mol. The number of nitrogens with one attached hydrogen (secondary N) is 1. The molecule has 0 bridgehead atoms. The second kappa shape index (κ2) is 6.58. The zero-order valence-electron chi connectivity index (χ0n) is 11.8. The Morgan fingerprint density at radius 1 is 0.850 bits per heavy atom. The molecule has 1 heterocycles. The number of para-hydroxylation sites is 1. The molecular formula is C18H22N2. The molecule has 2 aromatic rings. The van der Waals surface area contributed by atoms with Crippen LogP contribution in [0.15, 0.2) is 60.7 Å². The molecule has 1 N–H and O–H groups in total. The molecule has 2 aromatic carbocycles. The molecule has 2 heteroatoms. The fraction of sp³-hybridized carbons (Fsp3) is 0.333. The molecule has 0 saturated carbocycles. The number of rotatable bonds is 5. The van der Waals surface area contributed by atoms with Crippen molar-refractivity contribution in [2.24, 2.45) is 0 Å². The van der Waals surface area contributed by atoms with Gasteiger partial charge in [-0.05, 0) is 43.6 Å². The number of hydrogen-bond acceptors (Lipinski definition) is 2. The minimum absolute atomic E-state index is 0.358. The van der Waals surface area contributed by atoms with E-state index in [4.69, 9.17) is 0 Å². The van der Waals surface area contributed by atoms with Crippen LogP contribution in [0, 0.1) is 0 Å². The van der Waals surface area contributed by atoms with Gasteiger partial charge < -0.3 is 10.2 Å². The van der Waals surface area contributed by atoms with Gasteiger partial charge in [0.05, 0.1) is 6.04 Å². The fourth-order valence-electron chi connectivity index (χ4n) is 2.88. The van der Waals surface area contributed by atoms with Crippen LogP contribution in [0.25, 0.3) is 0 Å². The molecule has 0 spiro atoms. The molecule has 0 radical (unpaired) electrons. The molecule has 1 atom stereocenters. The minimum atomic E-state index is 0.358. The lowest BCUT2D eigenvalue weighted by molar-refractivity contribution is 0.323. The van der Waals surface area contributed by atoms with Crippen LogP contribution in [0.3, 0.4) is 0 Å². The normalized spacial score (nSPS) is 17.0. The molecule has 0 unspecified atom stereocenters. The third-order valence-electron chi connectivity index (χ3n) is 3.96. The minimum Gasteiger partial charge on any atom is -0.377 e. The maximum absolute atomic E-state index is 3.68. The Morgan fingerprint density at radius 2 is 1.45 bits per heavy atom. The number of likely N-dealkylation sites (tertiary alicyclic amines) is 1. The molecule has 1 fully saturated rings. The first-order valence-electron chi connectivity index (χ1n) is 7.51. The van der Waals surface area contributed by atoms with Gasteiger partial charge in [0.25, 0.3) is 0 Å². The van der Waals surface area contributed by atoms with Crippen molar-refractivity contribution in [2.75, 3.05) is 25.0 Å². The SMILES string of the molecule is c1ccc(N[C@@H](CN2CCCC2)c2ccccc2)cc1. The molecule has 1 aliphatic rings. The first kappa shape index (κ1) is 13.2. The highest BCUT2D eigenvalue weighted by molar-refractivity contribution is 5.45. The predicted molar refractivity (Wildman–Crippen MR) is 84.9 cm³/mol. The summed E-state index contributed by atoms with van der Waals surface area (Å²) in [5, 5.41) is 3.68. The summed E-state index contributed by atoms with van der Waals surface area (Å²) in [6, 6.07) is 21.6. The van der Waals surface area contributed by atoms with E-state index in [1.165, 1.54) is 37.2 Å². The molecule has 2 nitrogen and oxygen atoms in total. The van der Waals surface area contributed by atoms with Gasteiger partial charge in [-0.1, -0.05) is 48.5 Å². The van der Waals surface area contributed by atoms with E-state index in [1.54, 1.807) is 0 Å². The summed E-state index contributed by atoms with van der Waals surface area (Å²) >= 11 is 0. The van der Waals surface area contributed by atoms with Gasteiger partial charge in [-0.3, -0.25) is 0 Å². The molecule has 1 aliphatic heterocycles. The molecule has 20 heavy (non-hydrogen) atoms. The highest BCUT2D eigenvalue weighted by Crippen LogP contribution is 2.22. The monoisotopic (exact) mass is 266 g/mol. The van der Waals surface area contributed by atoms with Gasteiger partial charge in [0.2, 0.25) is 0 Å². The largest absolute Gasteiger partial charge is 0.377 e. The predicted octanol–water partition coefficient (Wildman–Crippen LogP) is 3.94. The van der Waals surface area contributed by atoms with Gasteiger partial charge in [-0.25, -0.2) is 0 Å². The summed E-state index contributed by atoms with van der Waals surface area (Å²) < 4.78 is 0. The topological polar surface area (TPSA) is 15.3 Å². The van der Waals surface area contributed by atoms with E-state index in [0.29, 0.717) is 6.04 Å². The summed E-state index contributed by atoms with van der Waals surface area (Å²) in [7, 11) is 0. The molecule has 0 amide bonds. The van der Waals surface area contributed by atoms with Gasteiger partial charge in [0.1, 0.15) is 0 Å². The molecule has 0 aliphatic carbocycles. The van der Waals surface area contributed by atoms with E-state index in [2.05, 4.69) is 70.9 Å². The Hall–Kier alpha value is -1.80. The van der Waals surface area contributed by atoms with Crippen molar-refractivity contribution >= 4 is 5.69 Å². The summed E-state index contributed by atoms with van der Waals surface area (Å²) in [5.74, 6) is 0. The Morgan fingerprint density at radius 3 is 2.10 bits per heavy atom. The van der Waals surface area contributed by atoms with E-state index in [-0.39, 0.29) is 0 Å². The quantitative estimate of drug-likeness (QED) is 0.882. The van der Waals surface area contributed by atoms with Crippen LogP contribution in [0.5, 0.6) is 0 Å². The Kier molecular flexibility index (Phi) is 4.34. The van der Waals surface area contributed by atoms with Crippen LogP contribution in [-0.4, -0.2) is 24.5 Å². The maximum Gasteiger partial charge on any atom is 0.0640 e. The van der Waals surface area contributed by atoms with Crippen LogP contribution < -0.4 is 5.32 Å². The van der Waals surface area contributed by atoms with Crippen molar-refractivity contribution in [1.29, 1.82) is 0 Å². The second-order valence-electron chi connectivity index (χ2n) is 5.48. The lowest BCUT2D eigenvalue weighted by Crippen LogP contribution is -2.29. The van der Waals surface area contributed by atoms with Crippen LogP contribution in [0.4, 0.5) is 5.69 Å².